The van der Waals surface area contributed by atoms with Crippen molar-refractivity contribution in [1.29, 1.82) is 0 Å². The lowest BCUT2D eigenvalue weighted by molar-refractivity contribution is 0.0310. The van der Waals surface area contributed by atoms with E-state index in [0.29, 0.717) is 17.4 Å². The maximum absolute atomic E-state index is 9.91. The maximum atomic E-state index is 9.91. The van der Waals surface area contributed by atoms with Gasteiger partial charge in [-0.15, -0.1) is 6.58 Å². The van der Waals surface area contributed by atoms with E-state index in [1.54, 1.807) is 4.68 Å². The number of likely N-dealkylation sites (tertiary alicyclic amines) is 1. The van der Waals surface area contributed by atoms with Crippen molar-refractivity contribution in [3.05, 3.63) is 35.2 Å². The second kappa shape index (κ2) is 7.32. The van der Waals surface area contributed by atoms with Crippen LogP contribution in [0.3, 0.4) is 0 Å². The van der Waals surface area contributed by atoms with Crippen molar-refractivity contribution in [3.63, 3.8) is 0 Å². The maximum Gasteiger partial charge on any atom is 0.134 e. The number of halogens is 1. The summed E-state index contributed by atoms with van der Waals surface area (Å²) in [6.45, 7) is 8.34. The molecule has 2 aromatic rings. The van der Waals surface area contributed by atoms with Gasteiger partial charge in [-0.25, -0.2) is 0 Å². The zero-order valence-electron chi connectivity index (χ0n) is 14.8. The molecule has 1 aliphatic rings. The zero-order valence-corrected chi connectivity index (χ0v) is 15.6. The molecule has 0 spiro atoms. The number of aryl methyl sites for hydroxylation is 2. The topological polar surface area (TPSA) is 67.3 Å². The van der Waals surface area contributed by atoms with Gasteiger partial charge in [0.2, 0.25) is 0 Å². The van der Waals surface area contributed by atoms with Gasteiger partial charge in [0.25, 0.3) is 0 Å². The Bertz CT molecular complexity index is 754. The van der Waals surface area contributed by atoms with Crippen molar-refractivity contribution in [1.82, 2.24) is 19.8 Å². The second-order valence-electron chi connectivity index (χ2n) is 7.03. The van der Waals surface area contributed by atoms with Crippen molar-refractivity contribution in [2.45, 2.75) is 32.7 Å². The van der Waals surface area contributed by atoms with E-state index >= 15 is 0 Å². The van der Waals surface area contributed by atoms with Gasteiger partial charge in [0.1, 0.15) is 22.3 Å². The summed E-state index contributed by atoms with van der Waals surface area (Å²) >= 11 is 6.51. The van der Waals surface area contributed by atoms with E-state index in [1.807, 2.05) is 26.1 Å². The number of aromatic nitrogens is 3. The molecule has 0 amide bonds. The fourth-order valence-electron chi connectivity index (χ4n) is 3.71. The minimum Gasteiger partial charge on any atom is -0.396 e. The van der Waals surface area contributed by atoms with Gasteiger partial charge < -0.3 is 9.63 Å². The first-order valence-corrected chi connectivity index (χ1v) is 8.95. The summed E-state index contributed by atoms with van der Waals surface area (Å²) in [7, 11) is 1.83. The number of aliphatic hydroxyl groups is 1. The van der Waals surface area contributed by atoms with Gasteiger partial charge in [-0.3, -0.25) is 9.58 Å². The molecule has 0 bridgehead atoms. The normalized spacial score (nSPS) is 21.6. The van der Waals surface area contributed by atoms with Crippen molar-refractivity contribution < 1.29 is 9.63 Å². The summed E-state index contributed by atoms with van der Waals surface area (Å²) in [5.41, 5.74) is 2.30. The molecule has 3 rings (SSSR count). The molecule has 1 fully saturated rings. The Morgan fingerprint density at radius 3 is 2.96 bits per heavy atom. The lowest BCUT2D eigenvalue weighted by atomic mass is 9.77. The molecule has 0 radical (unpaired) electrons. The molecule has 2 aromatic heterocycles. The molecule has 25 heavy (non-hydrogen) atoms. The van der Waals surface area contributed by atoms with Crippen LogP contribution in [-0.4, -0.2) is 44.6 Å². The van der Waals surface area contributed by atoms with Crippen LogP contribution in [0.25, 0.3) is 11.4 Å². The number of nitrogens with zero attached hydrogens (tertiary/aromatic N) is 4. The van der Waals surface area contributed by atoms with Gasteiger partial charge in [0.15, 0.2) is 0 Å². The van der Waals surface area contributed by atoms with Crippen molar-refractivity contribution >= 4 is 11.6 Å². The van der Waals surface area contributed by atoms with E-state index in [0.717, 1.165) is 49.4 Å². The van der Waals surface area contributed by atoms with Gasteiger partial charge in [-0.05, 0) is 32.7 Å². The highest BCUT2D eigenvalue weighted by molar-refractivity contribution is 6.30. The third-order valence-corrected chi connectivity index (χ3v) is 5.45. The third kappa shape index (κ3) is 3.66. The van der Waals surface area contributed by atoms with E-state index in [1.165, 1.54) is 0 Å². The summed E-state index contributed by atoms with van der Waals surface area (Å²) in [5, 5.41) is 19.1. The summed E-state index contributed by atoms with van der Waals surface area (Å²) in [6.07, 6.45) is 4.78. The van der Waals surface area contributed by atoms with Crippen LogP contribution in [0.15, 0.2) is 23.2 Å². The Morgan fingerprint density at radius 1 is 1.52 bits per heavy atom. The van der Waals surface area contributed by atoms with Crippen LogP contribution >= 0.6 is 11.6 Å². The van der Waals surface area contributed by atoms with Gasteiger partial charge >= 0.3 is 0 Å². The Labute approximate surface area is 153 Å². The largest absolute Gasteiger partial charge is 0.396 e. The van der Waals surface area contributed by atoms with Gasteiger partial charge in [-0.1, -0.05) is 22.8 Å². The van der Waals surface area contributed by atoms with Crippen LogP contribution in [0.4, 0.5) is 0 Å². The van der Waals surface area contributed by atoms with E-state index in [9.17, 15) is 5.11 Å². The number of piperidine rings is 1. The fraction of sp³-hybridized carbons (Fsp3) is 0.556. The van der Waals surface area contributed by atoms with E-state index < -0.39 is 0 Å². The van der Waals surface area contributed by atoms with Crippen LogP contribution in [-0.2, 0) is 13.6 Å². The number of hydrogen-bond acceptors (Lipinski definition) is 5. The van der Waals surface area contributed by atoms with Crippen LogP contribution in [0.5, 0.6) is 0 Å². The quantitative estimate of drug-likeness (QED) is 0.797. The summed E-state index contributed by atoms with van der Waals surface area (Å²) in [5.74, 6) is 0.742. The molecule has 0 aliphatic carbocycles. The van der Waals surface area contributed by atoms with Crippen molar-refractivity contribution in [2.24, 2.45) is 12.5 Å². The average Bonchev–Trinajstić information content (AvgIpc) is 3.14. The number of allylic oxidation sites excluding steroid dienone is 1. The van der Waals surface area contributed by atoms with E-state index in [4.69, 9.17) is 16.1 Å². The smallest absolute Gasteiger partial charge is 0.134 e. The van der Waals surface area contributed by atoms with E-state index in [2.05, 4.69) is 21.7 Å². The number of aliphatic hydroxyl groups excluding tert-OH is 1. The van der Waals surface area contributed by atoms with Crippen LogP contribution < -0.4 is 0 Å². The average molecular weight is 365 g/mol. The molecule has 6 nitrogen and oxygen atoms in total. The van der Waals surface area contributed by atoms with Gasteiger partial charge in [0.05, 0.1) is 6.61 Å². The van der Waals surface area contributed by atoms with Gasteiger partial charge in [0, 0.05) is 37.2 Å². The Balaban J connectivity index is 1.86. The molecular weight excluding hydrogens is 340 g/mol. The highest BCUT2D eigenvalue weighted by Gasteiger charge is 2.34. The molecule has 0 saturated carbocycles. The first-order chi connectivity index (χ1) is 12.0. The van der Waals surface area contributed by atoms with E-state index in [-0.39, 0.29) is 12.0 Å². The number of rotatable bonds is 6. The Morgan fingerprint density at radius 2 is 2.32 bits per heavy atom. The molecule has 0 aromatic carbocycles. The van der Waals surface area contributed by atoms with Crippen LogP contribution in [0, 0.1) is 12.3 Å². The predicted octanol–water partition coefficient (Wildman–Crippen LogP) is 3.19. The fourth-order valence-corrected chi connectivity index (χ4v) is 3.89. The minimum absolute atomic E-state index is 0.112. The van der Waals surface area contributed by atoms with Crippen LogP contribution in [0.1, 0.15) is 30.6 Å². The lowest BCUT2D eigenvalue weighted by Gasteiger charge is -2.41. The summed E-state index contributed by atoms with van der Waals surface area (Å²) < 4.78 is 6.87. The standard InChI is InChI=1S/C18H25ClN4O2/c1-4-6-18(12-24)7-5-8-23(11-18)10-14-16(20-22(3)17(14)19)15-9-13(2)25-21-15/h4,9,24H,1,5-8,10-12H2,2-3H3. The monoisotopic (exact) mass is 364 g/mol. The highest BCUT2D eigenvalue weighted by Crippen LogP contribution is 2.36. The third-order valence-electron chi connectivity index (χ3n) is 4.97. The molecule has 1 aliphatic heterocycles. The molecule has 1 saturated heterocycles. The highest BCUT2D eigenvalue weighted by atomic mass is 35.5. The predicted molar refractivity (Wildman–Crippen MR) is 97.3 cm³/mol. The molecule has 136 valence electrons. The summed E-state index contributed by atoms with van der Waals surface area (Å²) in [6, 6.07) is 1.87. The molecule has 1 unspecified atom stereocenters. The van der Waals surface area contributed by atoms with Gasteiger partial charge in [-0.2, -0.15) is 5.10 Å². The Hall–Kier alpha value is -1.63. The summed E-state index contributed by atoms with van der Waals surface area (Å²) in [4.78, 5) is 2.34. The van der Waals surface area contributed by atoms with Crippen molar-refractivity contribution in [2.75, 3.05) is 19.7 Å². The first kappa shape index (κ1) is 18.2. The number of hydrogen-bond donors (Lipinski definition) is 1. The zero-order chi connectivity index (χ0) is 18.0. The first-order valence-electron chi connectivity index (χ1n) is 8.57. The molecule has 3 heterocycles. The molecule has 7 heteroatoms. The van der Waals surface area contributed by atoms with Crippen LogP contribution in [0.2, 0.25) is 5.15 Å². The lowest BCUT2D eigenvalue weighted by Crippen LogP contribution is -2.44. The SMILES string of the molecule is C=CCC1(CO)CCCN(Cc2c(-c3cc(C)on3)nn(C)c2Cl)C1. The molecule has 1 N–H and O–H groups in total. The van der Waals surface area contributed by atoms with Crippen molar-refractivity contribution in [3.8, 4) is 11.4 Å². The Kier molecular flexibility index (Phi) is 5.32. The second-order valence-corrected chi connectivity index (χ2v) is 7.39. The molecule has 1 atom stereocenters. The minimum atomic E-state index is -0.112. The molecular formula is C18H25ClN4O2.